The number of rotatable bonds is 6. The van der Waals surface area contributed by atoms with Gasteiger partial charge in [-0.3, -0.25) is 4.79 Å². The van der Waals surface area contributed by atoms with E-state index in [1.54, 1.807) is 35.2 Å². The molecule has 0 aromatic heterocycles. The summed E-state index contributed by atoms with van der Waals surface area (Å²) < 4.78 is 28.5. The Morgan fingerprint density at radius 1 is 1.19 bits per heavy atom. The Bertz CT molecular complexity index is 812. The highest BCUT2D eigenvalue weighted by molar-refractivity contribution is 5.96. The molecule has 1 aliphatic rings. The van der Waals surface area contributed by atoms with E-state index in [2.05, 4.69) is 15.4 Å². The molecule has 0 radical (unpaired) electrons. The van der Waals surface area contributed by atoms with Gasteiger partial charge in [-0.25, -0.2) is 4.79 Å². The van der Waals surface area contributed by atoms with Crippen LogP contribution in [0.25, 0.3) is 0 Å². The lowest BCUT2D eigenvalue weighted by atomic mass is 10.2. The summed E-state index contributed by atoms with van der Waals surface area (Å²) in [5, 5.41) is 5.40. The highest BCUT2D eigenvalue weighted by atomic mass is 19.3. The lowest BCUT2D eigenvalue weighted by Crippen LogP contribution is -2.28. The molecule has 2 aromatic rings. The van der Waals surface area contributed by atoms with Crippen LogP contribution in [0.4, 0.5) is 25.0 Å². The molecule has 0 unspecified atom stereocenters. The SMILES string of the molecule is O=C(NCc1ccc(OC(F)F)cc1)Nc1cccc(N2CCCC2=O)c1. The van der Waals surface area contributed by atoms with Crippen molar-refractivity contribution < 1.29 is 23.1 Å². The first-order valence-electron chi connectivity index (χ1n) is 8.50. The maximum atomic E-state index is 12.1. The van der Waals surface area contributed by atoms with Gasteiger partial charge in [-0.2, -0.15) is 8.78 Å². The number of amides is 3. The molecule has 1 aliphatic heterocycles. The Morgan fingerprint density at radius 3 is 2.63 bits per heavy atom. The van der Waals surface area contributed by atoms with E-state index in [0.29, 0.717) is 18.7 Å². The minimum absolute atomic E-state index is 0.0616. The number of hydrogen-bond donors (Lipinski definition) is 2. The minimum Gasteiger partial charge on any atom is -0.435 e. The molecular weight excluding hydrogens is 356 g/mol. The Hall–Kier alpha value is -3.16. The average Bonchev–Trinajstić information content (AvgIpc) is 3.07. The van der Waals surface area contributed by atoms with Gasteiger partial charge in [0.05, 0.1) is 0 Å². The maximum absolute atomic E-state index is 12.1. The fourth-order valence-electron chi connectivity index (χ4n) is 2.82. The number of carbonyl (C=O) groups is 2. The standard InChI is InChI=1S/C19H19F2N3O3/c20-18(21)27-16-8-6-13(7-9-16)12-22-19(26)23-14-3-1-4-15(11-14)24-10-2-5-17(24)25/h1,3-4,6-9,11,18H,2,5,10,12H2,(H2,22,23,26). The summed E-state index contributed by atoms with van der Waals surface area (Å²) in [5.74, 6) is 0.141. The summed E-state index contributed by atoms with van der Waals surface area (Å²) in [6.07, 6.45) is 1.37. The second-order valence-corrected chi connectivity index (χ2v) is 6.03. The third-order valence-electron chi connectivity index (χ3n) is 4.09. The summed E-state index contributed by atoms with van der Waals surface area (Å²) in [5.41, 5.74) is 2.07. The second-order valence-electron chi connectivity index (χ2n) is 6.03. The van der Waals surface area contributed by atoms with Gasteiger partial charge in [0.1, 0.15) is 5.75 Å². The number of ether oxygens (including phenoxy) is 1. The van der Waals surface area contributed by atoms with Crippen LogP contribution in [-0.2, 0) is 11.3 Å². The monoisotopic (exact) mass is 375 g/mol. The van der Waals surface area contributed by atoms with E-state index in [0.717, 1.165) is 17.7 Å². The summed E-state index contributed by atoms with van der Waals surface area (Å²) in [7, 11) is 0. The molecule has 0 atom stereocenters. The number of alkyl halides is 2. The van der Waals surface area contributed by atoms with Crippen LogP contribution in [0.3, 0.4) is 0 Å². The van der Waals surface area contributed by atoms with E-state index in [-0.39, 0.29) is 18.2 Å². The van der Waals surface area contributed by atoms with Gasteiger partial charge in [0.15, 0.2) is 0 Å². The molecule has 3 rings (SSSR count). The molecule has 0 aliphatic carbocycles. The number of urea groups is 1. The summed E-state index contributed by atoms with van der Waals surface area (Å²) >= 11 is 0. The first-order valence-corrected chi connectivity index (χ1v) is 8.50. The zero-order valence-electron chi connectivity index (χ0n) is 14.5. The van der Waals surface area contributed by atoms with Crippen molar-refractivity contribution in [3.8, 4) is 5.75 Å². The molecule has 6 nitrogen and oxygen atoms in total. The van der Waals surface area contributed by atoms with Crippen LogP contribution in [0.5, 0.6) is 5.75 Å². The van der Waals surface area contributed by atoms with Gasteiger partial charge in [0.25, 0.3) is 0 Å². The first-order chi connectivity index (χ1) is 13.0. The van der Waals surface area contributed by atoms with Crippen molar-refractivity contribution in [2.75, 3.05) is 16.8 Å². The van der Waals surface area contributed by atoms with E-state index in [4.69, 9.17) is 0 Å². The van der Waals surface area contributed by atoms with Crippen LogP contribution in [0.15, 0.2) is 48.5 Å². The zero-order chi connectivity index (χ0) is 19.2. The van der Waals surface area contributed by atoms with Gasteiger partial charge in [-0.1, -0.05) is 18.2 Å². The number of halogens is 2. The third-order valence-corrected chi connectivity index (χ3v) is 4.09. The Morgan fingerprint density at radius 2 is 1.96 bits per heavy atom. The molecule has 142 valence electrons. The highest BCUT2D eigenvalue weighted by Gasteiger charge is 2.21. The molecule has 2 aromatic carbocycles. The molecule has 3 amide bonds. The van der Waals surface area contributed by atoms with Gasteiger partial charge in [0.2, 0.25) is 5.91 Å². The first kappa shape index (κ1) is 18.6. The number of nitrogens with one attached hydrogen (secondary N) is 2. The van der Waals surface area contributed by atoms with Gasteiger partial charge >= 0.3 is 12.6 Å². The fourth-order valence-corrected chi connectivity index (χ4v) is 2.82. The maximum Gasteiger partial charge on any atom is 0.387 e. The lowest BCUT2D eigenvalue weighted by molar-refractivity contribution is -0.117. The van der Waals surface area contributed by atoms with E-state index < -0.39 is 12.6 Å². The molecule has 1 saturated heterocycles. The molecule has 2 N–H and O–H groups in total. The molecule has 1 heterocycles. The van der Waals surface area contributed by atoms with Gasteiger partial charge < -0.3 is 20.3 Å². The summed E-state index contributed by atoms with van der Waals surface area (Å²) in [6, 6.07) is 12.7. The van der Waals surface area contributed by atoms with Crippen LogP contribution in [0, 0.1) is 0 Å². The van der Waals surface area contributed by atoms with Crippen molar-refractivity contribution >= 4 is 23.3 Å². The van der Waals surface area contributed by atoms with Crippen LogP contribution >= 0.6 is 0 Å². The second kappa shape index (κ2) is 8.48. The van der Waals surface area contributed by atoms with Crippen molar-refractivity contribution in [1.29, 1.82) is 0 Å². The Labute approximate surface area is 155 Å². The van der Waals surface area contributed by atoms with Crippen molar-refractivity contribution in [1.82, 2.24) is 5.32 Å². The van der Waals surface area contributed by atoms with Crippen molar-refractivity contribution in [2.24, 2.45) is 0 Å². The molecule has 0 saturated carbocycles. The van der Waals surface area contributed by atoms with E-state index in [1.165, 1.54) is 12.1 Å². The quantitative estimate of drug-likeness (QED) is 0.808. The molecule has 27 heavy (non-hydrogen) atoms. The van der Waals surface area contributed by atoms with Crippen molar-refractivity contribution in [3.63, 3.8) is 0 Å². The third kappa shape index (κ3) is 5.16. The normalized spacial score (nSPS) is 13.7. The molecule has 8 heteroatoms. The van der Waals surface area contributed by atoms with Crippen LogP contribution < -0.4 is 20.3 Å². The van der Waals surface area contributed by atoms with Crippen LogP contribution in [0.2, 0.25) is 0 Å². The van der Waals surface area contributed by atoms with E-state index in [1.807, 2.05) is 6.07 Å². The lowest BCUT2D eigenvalue weighted by Gasteiger charge is -2.17. The Balaban J connectivity index is 1.53. The van der Waals surface area contributed by atoms with E-state index >= 15 is 0 Å². The molecular formula is C19H19F2N3O3. The van der Waals surface area contributed by atoms with Gasteiger partial charge in [-0.05, 0) is 42.3 Å². The number of nitrogens with zero attached hydrogens (tertiary/aromatic N) is 1. The number of hydrogen-bond acceptors (Lipinski definition) is 3. The summed E-state index contributed by atoms with van der Waals surface area (Å²) in [4.78, 5) is 25.6. The highest BCUT2D eigenvalue weighted by Crippen LogP contribution is 2.24. The van der Waals surface area contributed by atoms with Gasteiger partial charge in [0, 0.05) is 30.9 Å². The molecule has 1 fully saturated rings. The van der Waals surface area contributed by atoms with Gasteiger partial charge in [-0.15, -0.1) is 0 Å². The van der Waals surface area contributed by atoms with E-state index in [9.17, 15) is 18.4 Å². The zero-order valence-corrected chi connectivity index (χ0v) is 14.5. The van der Waals surface area contributed by atoms with Crippen molar-refractivity contribution in [3.05, 3.63) is 54.1 Å². The number of benzene rings is 2. The smallest absolute Gasteiger partial charge is 0.387 e. The largest absolute Gasteiger partial charge is 0.435 e. The predicted molar refractivity (Wildman–Crippen MR) is 97.0 cm³/mol. The van der Waals surface area contributed by atoms with Crippen LogP contribution in [-0.4, -0.2) is 25.1 Å². The Kier molecular flexibility index (Phi) is 5.85. The van der Waals surface area contributed by atoms with Crippen LogP contribution in [0.1, 0.15) is 18.4 Å². The fraction of sp³-hybridized carbons (Fsp3) is 0.263. The number of anilines is 2. The number of carbonyl (C=O) groups excluding carboxylic acids is 2. The molecule has 0 spiro atoms. The molecule has 0 bridgehead atoms. The average molecular weight is 375 g/mol. The van der Waals surface area contributed by atoms with Crippen molar-refractivity contribution in [2.45, 2.75) is 26.0 Å². The summed E-state index contributed by atoms with van der Waals surface area (Å²) in [6.45, 7) is -1.96. The predicted octanol–water partition coefficient (Wildman–Crippen LogP) is 3.74. The minimum atomic E-state index is -2.87. The topological polar surface area (TPSA) is 70.7 Å².